The monoisotopic (exact) mass is 254 g/mol. The SMILES string of the molecule is CCNC(=O)C(C)S(=O)c1ccc(N)c(C)c1. The van der Waals surface area contributed by atoms with E-state index in [4.69, 9.17) is 5.73 Å². The van der Waals surface area contributed by atoms with Crippen molar-refractivity contribution in [2.75, 3.05) is 12.3 Å². The second kappa shape index (κ2) is 5.82. The highest BCUT2D eigenvalue weighted by molar-refractivity contribution is 7.86. The minimum Gasteiger partial charge on any atom is -0.399 e. The normalized spacial score (nSPS) is 14.1. The highest BCUT2D eigenvalue weighted by Crippen LogP contribution is 2.17. The topological polar surface area (TPSA) is 72.2 Å². The molecule has 0 aromatic heterocycles. The number of amides is 1. The summed E-state index contributed by atoms with van der Waals surface area (Å²) in [6.07, 6.45) is 0. The summed E-state index contributed by atoms with van der Waals surface area (Å²) in [5, 5.41) is 2.11. The average molecular weight is 254 g/mol. The Labute approximate surface area is 104 Å². The van der Waals surface area contributed by atoms with Gasteiger partial charge in [0.05, 0.1) is 10.8 Å². The number of nitrogens with one attached hydrogen (secondary N) is 1. The van der Waals surface area contributed by atoms with Crippen LogP contribution in [0.4, 0.5) is 5.69 Å². The van der Waals surface area contributed by atoms with Crippen LogP contribution < -0.4 is 11.1 Å². The van der Waals surface area contributed by atoms with Crippen molar-refractivity contribution in [1.29, 1.82) is 0 Å². The van der Waals surface area contributed by atoms with Crippen molar-refractivity contribution < 1.29 is 9.00 Å². The molecule has 0 saturated heterocycles. The van der Waals surface area contributed by atoms with Crippen molar-refractivity contribution >= 4 is 22.4 Å². The average Bonchev–Trinajstić information content (AvgIpc) is 2.31. The maximum atomic E-state index is 12.1. The Morgan fingerprint density at radius 2 is 2.18 bits per heavy atom. The lowest BCUT2D eigenvalue weighted by molar-refractivity contribution is -0.120. The van der Waals surface area contributed by atoms with Crippen LogP contribution >= 0.6 is 0 Å². The van der Waals surface area contributed by atoms with Gasteiger partial charge in [0.1, 0.15) is 5.25 Å². The summed E-state index contributed by atoms with van der Waals surface area (Å²) in [4.78, 5) is 12.2. The van der Waals surface area contributed by atoms with Gasteiger partial charge in [-0.2, -0.15) is 0 Å². The number of carbonyl (C=O) groups excluding carboxylic acids is 1. The van der Waals surface area contributed by atoms with E-state index < -0.39 is 16.0 Å². The quantitative estimate of drug-likeness (QED) is 0.793. The zero-order valence-corrected chi connectivity index (χ0v) is 11.1. The van der Waals surface area contributed by atoms with Gasteiger partial charge >= 0.3 is 0 Å². The summed E-state index contributed by atoms with van der Waals surface area (Å²) in [5.74, 6) is -0.194. The molecule has 0 aliphatic rings. The molecule has 5 heteroatoms. The van der Waals surface area contributed by atoms with E-state index in [1.807, 2.05) is 13.8 Å². The molecule has 1 amide bonds. The molecule has 0 heterocycles. The molecule has 0 aliphatic heterocycles. The van der Waals surface area contributed by atoms with Crippen LogP contribution in [-0.2, 0) is 15.6 Å². The summed E-state index contributed by atoms with van der Waals surface area (Å²) in [5.41, 5.74) is 7.23. The van der Waals surface area contributed by atoms with E-state index in [9.17, 15) is 9.00 Å². The number of benzene rings is 1. The Bertz CT molecular complexity index is 446. The van der Waals surface area contributed by atoms with Gasteiger partial charge in [0.15, 0.2) is 0 Å². The van der Waals surface area contributed by atoms with Crippen LogP contribution in [0.5, 0.6) is 0 Å². The van der Waals surface area contributed by atoms with Gasteiger partial charge in [-0.05, 0) is 44.5 Å². The lowest BCUT2D eigenvalue weighted by atomic mass is 10.2. The van der Waals surface area contributed by atoms with Crippen LogP contribution in [0.15, 0.2) is 23.1 Å². The van der Waals surface area contributed by atoms with E-state index in [2.05, 4.69) is 5.32 Å². The van der Waals surface area contributed by atoms with Gasteiger partial charge in [-0.15, -0.1) is 0 Å². The van der Waals surface area contributed by atoms with Crippen molar-refractivity contribution in [3.05, 3.63) is 23.8 Å². The van der Waals surface area contributed by atoms with E-state index in [-0.39, 0.29) is 5.91 Å². The molecular formula is C12H18N2O2S. The first-order valence-electron chi connectivity index (χ1n) is 5.51. The van der Waals surface area contributed by atoms with Crippen LogP contribution in [0.2, 0.25) is 0 Å². The van der Waals surface area contributed by atoms with Crippen LogP contribution in [0.1, 0.15) is 19.4 Å². The number of carbonyl (C=O) groups is 1. The Morgan fingerprint density at radius 1 is 1.53 bits per heavy atom. The number of hydrogen-bond donors (Lipinski definition) is 2. The van der Waals surface area contributed by atoms with Gasteiger partial charge in [0.2, 0.25) is 5.91 Å². The first kappa shape index (κ1) is 13.7. The van der Waals surface area contributed by atoms with Crippen molar-refractivity contribution in [3.8, 4) is 0 Å². The first-order valence-corrected chi connectivity index (χ1v) is 6.73. The van der Waals surface area contributed by atoms with Crippen LogP contribution in [0, 0.1) is 6.92 Å². The van der Waals surface area contributed by atoms with E-state index in [1.165, 1.54) is 0 Å². The Morgan fingerprint density at radius 3 is 2.71 bits per heavy atom. The summed E-state index contributed by atoms with van der Waals surface area (Å²) in [6.45, 7) is 5.89. The zero-order chi connectivity index (χ0) is 13.0. The standard InChI is InChI=1S/C12H18N2O2S/c1-4-14-12(15)9(3)17(16)10-5-6-11(13)8(2)7-10/h5-7,9H,4,13H2,1-3H3,(H,14,15). The summed E-state index contributed by atoms with van der Waals surface area (Å²) in [7, 11) is -1.35. The van der Waals surface area contributed by atoms with Crippen molar-refractivity contribution in [3.63, 3.8) is 0 Å². The van der Waals surface area contributed by atoms with Gasteiger partial charge in [-0.25, -0.2) is 0 Å². The molecular weight excluding hydrogens is 236 g/mol. The maximum absolute atomic E-state index is 12.1. The minimum absolute atomic E-state index is 0.194. The van der Waals surface area contributed by atoms with Gasteiger partial charge in [-0.3, -0.25) is 9.00 Å². The third kappa shape index (κ3) is 3.30. The largest absolute Gasteiger partial charge is 0.399 e. The smallest absolute Gasteiger partial charge is 0.235 e. The Balaban J connectivity index is 2.89. The molecule has 0 spiro atoms. The van der Waals surface area contributed by atoms with E-state index >= 15 is 0 Å². The molecule has 0 bridgehead atoms. The van der Waals surface area contributed by atoms with E-state index in [0.29, 0.717) is 17.1 Å². The molecule has 0 fully saturated rings. The lowest BCUT2D eigenvalue weighted by Gasteiger charge is -2.12. The Kier molecular flexibility index (Phi) is 4.69. The summed E-state index contributed by atoms with van der Waals surface area (Å²) < 4.78 is 12.1. The van der Waals surface area contributed by atoms with E-state index in [1.54, 1.807) is 25.1 Å². The maximum Gasteiger partial charge on any atom is 0.235 e. The highest BCUT2D eigenvalue weighted by Gasteiger charge is 2.20. The summed E-state index contributed by atoms with van der Waals surface area (Å²) >= 11 is 0. The molecule has 4 nitrogen and oxygen atoms in total. The number of anilines is 1. The number of nitrogens with two attached hydrogens (primary N) is 1. The molecule has 0 aliphatic carbocycles. The third-order valence-corrected chi connectivity index (χ3v) is 4.09. The molecule has 1 aromatic rings. The molecule has 2 atom stereocenters. The number of hydrogen-bond acceptors (Lipinski definition) is 3. The highest BCUT2D eigenvalue weighted by atomic mass is 32.2. The fourth-order valence-electron chi connectivity index (χ4n) is 1.39. The number of rotatable bonds is 4. The second-order valence-electron chi connectivity index (χ2n) is 3.85. The van der Waals surface area contributed by atoms with Gasteiger partial charge in [-0.1, -0.05) is 0 Å². The molecule has 17 heavy (non-hydrogen) atoms. The van der Waals surface area contributed by atoms with Crippen molar-refractivity contribution in [2.45, 2.75) is 30.9 Å². The minimum atomic E-state index is -1.35. The zero-order valence-electron chi connectivity index (χ0n) is 10.3. The number of nitrogen functional groups attached to an aromatic ring is 1. The molecule has 0 radical (unpaired) electrons. The first-order chi connectivity index (χ1) is 7.97. The predicted octanol–water partition coefficient (Wildman–Crippen LogP) is 1.21. The molecule has 1 aromatic carbocycles. The molecule has 94 valence electrons. The fourth-order valence-corrected chi connectivity index (χ4v) is 2.57. The Hall–Kier alpha value is -1.36. The molecule has 0 saturated carbocycles. The van der Waals surface area contributed by atoms with Gasteiger partial charge in [0.25, 0.3) is 0 Å². The van der Waals surface area contributed by atoms with Crippen molar-refractivity contribution in [1.82, 2.24) is 5.32 Å². The van der Waals surface area contributed by atoms with Gasteiger partial charge in [0, 0.05) is 17.1 Å². The molecule has 3 N–H and O–H groups in total. The van der Waals surface area contributed by atoms with Crippen LogP contribution in [0.3, 0.4) is 0 Å². The van der Waals surface area contributed by atoms with Crippen LogP contribution in [-0.4, -0.2) is 21.9 Å². The van der Waals surface area contributed by atoms with Crippen molar-refractivity contribution in [2.24, 2.45) is 0 Å². The van der Waals surface area contributed by atoms with Gasteiger partial charge < -0.3 is 11.1 Å². The summed E-state index contributed by atoms with van der Waals surface area (Å²) in [6, 6.07) is 5.18. The van der Waals surface area contributed by atoms with Crippen LogP contribution in [0.25, 0.3) is 0 Å². The van der Waals surface area contributed by atoms with E-state index in [0.717, 1.165) is 5.56 Å². The second-order valence-corrected chi connectivity index (χ2v) is 5.63. The molecule has 1 rings (SSSR count). The third-order valence-electron chi connectivity index (χ3n) is 2.51. The predicted molar refractivity (Wildman–Crippen MR) is 70.1 cm³/mol. The molecule has 2 unspecified atom stereocenters. The fraction of sp³-hybridized carbons (Fsp3) is 0.417. The lowest BCUT2D eigenvalue weighted by Crippen LogP contribution is -2.35. The number of aryl methyl sites for hydroxylation is 1.